The summed E-state index contributed by atoms with van der Waals surface area (Å²) in [5.74, 6) is -0.835. The number of aliphatic hydroxyl groups excluding tert-OH is 1. The first-order valence-corrected chi connectivity index (χ1v) is 16.5. The van der Waals surface area contributed by atoms with Crippen LogP contribution >= 0.6 is 0 Å². The second kappa shape index (κ2) is 15.8. The number of fused-ring (bicyclic) bond motifs is 1. The largest absolute Gasteiger partial charge is 0.481 e. The van der Waals surface area contributed by atoms with Crippen molar-refractivity contribution in [2.24, 2.45) is 0 Å². The number of rotatable bonds is 14. The number of aromatic nitrogens is 2. The van der Waals surface area contributed by atoms with Gasteiger partial charge in [-0.3, -0.25) is 9.59 Å². The Balaban J connectivity index is 1.12. The predicted molar refractivity (Wildman–Crippen MR) is 183 cm³/mol. The predicted octanol–water partition coefficient (Wildman–Crippen LogP) is 7.09. The standard InChI is InChI=1S/C39H41N3O6/c43-25-27-13-15-30(16-14-27)36-22-33(24-42-26-41-34-9-4-5-10-35(34)42)47-39(48-36)31-19-17-29(18-20-31)32-8-6-7-28(21-32)23-40-37(44)11-2-1-3-12-38(45)46/h4-10,13-21,26,33,36,39,43H,1-3,11-12,22-25H2,(H,40,44)(H,45,46)/t33-,36+,39+/m0/s1. The summed E-state index contributed by atoms with van der Waals surface area (Å²) in [4.78, 5) is 27.5. The molecule has 2 heterocycles. The second-order valence-electron chi connectivity index (χ2n) is 12.3. The average molecular weight is 648 g/mol. The number of unbranched alkanes of at least 4 members (excludes halogenated alkanes) is 2. The van der Waals surface area contributed by atoms with Gasteiger partial charge in [-0.1, -0.05) is 85.3 Å². The Bertz CT molecular complexity index is 1820. The number of amides is 1. The maximum Gasteiger partial charge on any atom is 0.303 e. The van der Waals surface area contributed by atoms with Gasteiger partial charge in [-0.25, -0.2) is 4.98 Å². The molecule has 1 aliphatic heterocycles. The molecular weight excluding hydrogens is 606 g/mol. The van der Waals surface area contributed by atoms with Crippen LogP contribution in [0, 0.1) is 0 Å². The number of aliphatic carboxylic acids is 1. The summed E-state index contributed by atoms with van der Waals surface area (Å²) < 4.78 is 15.3. The van der Waals surface area contributed by atoms with Crippen LogP contribution < -0.4 is 5.32 Å². The van der Waals surface area contributed by atoms with E-state index in [1.54, 1.807) is 0 Å². The lowest BCUT2D eigenvalue weighted by Crippen LogP contribution is -2.32. The Morgan fingerprint density at radius 1 is 0.812 bits per heavy atom. The Morgan fingerprint density at radius 2 is 1.58 bits per heavy atom. The van der Waals surface area contributed by atoms with E-state index in [0.29, 0.717) is 38.8 Å². The second-order valence-corrected chi connectivity index (χ2v) is 12.3. The molecule has 3 N–H and O–H groups in total. The first kappa shape index (κ1) is 33.1. The quantitative estimate of drug-likeness (QED) is 0.110. The van der Waals surface area contributed by atoms with E-state index in [1.165, 1.54) is 0 Å². The molecule has 5 aromatic rings. The highest BCUT2D eigenvalue weighted by Crippen LogP contribution is 2.39. The lowest BCUT2D eigenvalue weighted by molar-refractivity contribution is -0.252. The van der Waals surface area contributed by atoms with Crippen molar-refractivity contribution in [3.05, 3.63) is 126 Å². The lowest BCUT2D eigenvalue weighted by atomic mass is 9.99. The van der Waals surface area contributed by atoms with E-state index in [0.717, 1.165) is 50.8 Å². The van der Waals surface area contributed by atoms with E-state index in [4.69, 9.17) is 14.6 Å². The zero-order chi connectivity index (χ0) is 33.3. The van der Waals surface area contributed by atoms with Crippen LogP contribution in [-0.4, -0.2) is 37.7 Å². The zero-order valence-electron chi connectivity index (χ0n) is 26.8. The molecule has 1 aliphatic rings. The van der Waals surface area contributed by atoms with E-state index in [9.17, 15) is 14.7 Å². The van der Waals surface area contributed by atoms with E-state index in [-0.39, 0.29) is 31.1 Å². The smallest absolute Gasteiger partial charge is 0.303 e. The van der Waals surface area contributed by atoms with E-state index < -0.39 is 12.3 Å². The Hall–Kier alpha value is -4.83. The summed E-state index contributed by atoms with van der Waals surface area (Å²) in [5.41, 5.74) is 7.91. The van der Waals surface area contributed by atoms with E-state index in [1.807, 2.05) is 79.1 Å². The molecule has 1 aromatic heterocycles. The van der Waals surface area contributed by atoms with Gasteiger partial charge in [0.2, 0.25) is 5.91 Å². The van der Waals surface area contributed by atoms with E-state index in [2.05, 4.69) is 39.1 Å². The Morgan fingerprint density at radius 3 is 2.38 bits per heavy atom. The van der Waals surface area contributed by atoms with Crippen LogP contribution in [0.2, 0.25) is 0 Å². The van der Waals surface area contributed by atoms with Gasteiger partial charge in [0.25, 0.3) is 0 Å². The number of hydrogen-bond acceptors (Lipinski definition) is 6. The molecule has 6 rings (SSSR count). The summed E-state index contributed by atoms with van der Waals surface area (Å²) in [6, 6.07) is 32.3. The molecule has 1 amide bonds. The van der Waals surface area contributed by atoms with E-state index >= 15 is 0 Å². The summed E-state index contributed by atoms with van der Waals surface area (Å²) in [6.07, 6.45) is 4.18. The molecule has 1 saturated heterocycles. The molecule has 0 saturated carbocycles. The molecule has 248 valence electrons. The van der Waals surface area contributed by atoms with Crippen molar-refractivity contribution in [1.82, 2.24) is 14.9 Å². The van der Waals surface area contributed by atoms with Gasteiger partial charge in [-0.05, 0) is 58.9 Å². The minimum absolute atomic E-state index is 0.00462. The van der Waals surface area contributed by atoms with Gasteiger partial charge < -0.3 is 29.6 Å². The number of ether oxygens (including phenoxy) is 2. The van der Waals surface area contributed by atoms with Crippen molar-refractivity contribution in [3.63, 3.8) is 0 Å². The molecule has 0 unspecified atom stereocenters. The normalized spacial score (nSPS) is 17.7. The number of nitrogens with zero attached hydrogens (tertiary/aromatic N) is 2. The fourth-order valence-corrected chi connectivity index (χ4v) is 6.13. The Labute approximate surface area is 280 Å². The topological polar surface area (TPSA) is 123 Å². The van der Waals surface area contributed by atoms with Crippen LogP contribution in [0.25, 0.3) is 22.2 Å². The lowest BCUT2D eigenvalue weighted by Gasteiger charge is -2.36. The highest BCUT2D eigenvalue weighted by atomic mass is 16.7. The molecule has 0 spiro atoms. The molecule has 3 atom stereocenters. The van der Waals surface area contributed by atoms with Gasteiger partial charge in [-0.2, -0.15) is 0 Å². The summed E-state index contributed by atoms with van der Waals surface area (Å²) in [5, 5.41) is 21.3. The molecule has 48 heavy (non-hydrogen) atoms. The molecule has 0 bridgehead atoms. The summed E-state index contributed by atoms with van der Waals surface area (Å²) >= 11 is 0. The highest BCUT2D eigenvalue weighted by Gasteiger charge is 2.32. The number of benzene rings is 4. The van der Waals surface area contributed by atoms with Crippen molar-refractivity contribution in [3.8, 4) is 11.1 Å². The number of carbonyl (C=O) groups excluding carboxylic acids is 1. The van der Waals surface area contributed by atoms with Crippen molar-refractivity contribution in [1.29, 1.82) is 0 Å². The maximum absolute atomic E-state index is 12.3. The highest BCUT2D eigenvalue weighted by molar-refractivity contribution is 5.76. The van der Waals surface area contributed by atoms with Crippen LogP contribution in [0.15, 0.2) is 103 Å². The molecule has 0 aliphatic carbocycles. The van der Waals surface area contributed by atoms with Gasteiger partial charge in [0.1, 0.15) is 0 Å². The van der Waals surface area contributed by atoms with Gasteiger partial charge in [-0.15, -0.1) is 0 Å². The van der Waals surface area contributed by atoms with Gasteiger partial charge in [0, 0.05) is 31.4 Å². The van der Waals surface area contributed by atoms with Crippen molar-refractivity contribution < 1.29 is 29.3 Å². The fourth-order valence-electron chi connectivity index (χ4n) is 6.13. The fraction of sp³-hybridized carbons (Fsp3) is 0.308. The minimum Gasteiger partial charge on any atom is -0.481 e. The molecule has 4 aromatic carbocycles. The van der Waals surface area contributed by atoms with Gasteiger partial charge in [0.05, 0.1) is 42.7 Å². The van der Waals surface area contributed by atoms with Crippen LogP contribution in [0.3, 0.4) is 0 Å². The number of imidazole rings is 1. The zero-order valence-corrected chi connectivity index (χ0v) is 26.8. The number of para-hydroxylation sites is 2. The minimum atomic E-state index is -0.802. The number of nitrogens with one attached hydrogen (secondary N) is 1. The van der Waals surface area contributed by atoms with Crippen LogP contribution in [-0.2, 0) is 38.8 Å². The summed E-state index contributed by atoms with van der Waals surface area (Å²) in [6.45, 7) is 1.06. The molecule has 9 nitrogen and oxygen atoms in total. The SMILES string of the molecule is O=C(O)CCCCCC(=O)NCc1cccc(-c2ccc([C@@H]3O[C@H](Cn4cnc5ccccc54)C[C@H](c4ccc(CO)cc4)O3)cc2)c1. The van der Waals surface area contributed by atoms with Crippen molar-refractivity contribution in [2.45, 2.75) is 76.7 Å². The number of carboxylic acids is 1. The number of aliphatic hydroxyl groups is 1. The molecule has 9 heteroatoms. The van der Waals surface area contributed by atoms with Crippen molar-refractivity contribution >= 4 is 22.9 Å². The summed E-state index contributed by atoms with van der Waals surface area (Å²) in [7, 11) is 0. The Kier molecular flexibility index (Phi) is 10.9. The molecule has 1 fully saturated rings. The molecule has 0 radical (unpaired) electrons. The third-order valence-electron chi connectivity index (χ3n) is 8.77. The van der Waals surface area contributed by atoms with Crippen molar-refractivity contribution in [2.75, 3.05) is 0 Å². The van der Waals surface area contributed by atoms with Crippen LogP contribution in [0.1, 0.15) is 73.2 Å². The molecular formula is C39H41N3O6. The van der Waals surface area contributed by atoms with Gasteiger partial charge >= 0.3 is 5.97 Å². The number of carbonyl (C=O) groups is 2. The maximum atomic E-state index is 12.3. The third kappa shape index (κ3) is 8.55. The average Bonchev–Trinajstić information content (AvgIpc) is 3.53. The first-order chi connectivity index (χ1) is 23.4. The van der Waals surface area contributed by atoms with Gasteiger partial charge in [0.15, 0.2) is 6.29 Å². The number of carboxylic acid groups (broad SMARTS) is 1. The third-order valence-corrected chi connectivity index (χ3v) is 8.77. The van der Waals surface area contributed by atoms with Crippen LogP contribution in [0.5, 0.6) is 0 Å². The van der Waals surface area contributed by atoms with Crippen LogP contribution in [0.4, 0.5) is 0 Å². The number of hydrogen-bond donors (Lipinski definition) is 3. The first-order valence-electron chi connectivity index (χ1n) is 16.5. The monoisotopic (exact) mass is 647 g/mol.